The second kappa shape index (κ2) is 5.72. The average molecular weight is 263 g/mol. The van der Waals surface area contributed by atoms with Crippen LogP contribution in [0.5, 0.6) is 0 Å². The van der Waals surface area contributed by atoms with Crippen molar-refractivity contribution >= 4 is 5.91 Å². The monoisotopic (exact) mass is 263 g/mol. The molecule has 2 atom stereocenters. The van der Waals surface area contributed by atoms with E-state index in [0.717, 1.165) is 24.8 Å². The van der Waals surface area contributed by atoms with Crippen LogP contribution in [-0.2, 0) is 0 Å². The van der Waals surface area contributed by atoms with Crippen LogP contribution in [-0.4, -0.2) is 23.9 Å². The van der Waals surface area contributed by atoms with Crippen LogP contribution in [0.2, 0.25) is 0 Å². The van der Waals surface area contributed by atoms with Gasteiger partial charge in [0, 0.05) is 13.1 Å². The molecule has 0 spiro atoms. The number of halogens is 1. The van der Waals surface area contributed by atoms with E-state index in [1.54, 1.807) is 24.1 Å². The van der Waals surface area contributed by atoms with Gasteiger partial charge in [0.25, 0.3) is 5.91 Å². The van der Waals surface area contributed by atoms with Crippen LogP contribution in [0.4, 0.5) is 4.39 Å². The summed E-state index contributed by atoms with van der Waals surface area (Å²) in [6, 6.07) is 4.95. The quantitative estimate of drug-likeness (QED) is 0.795. The number of hydrogen-bond donors (Lipinski definition) is 0. The van der Waals surface area contributed by atoms with Crippen molar-refractivity contribution in [1.29, 1.82) is 0 Å². The third-order valence-electron chi connectivity index (χ3n) is 4.13. The van der Waals surface area contributed by atoms with E-state index < -0.39 is 5.82 Å². The molecule has 1 aliphatic carbocycles. The van der Waals surface area contributed by atoms with Gasteiger partial charge in [0.05, 0.1) is 5.56 Å². The molecule has 104 valence electrons. The number of carbonyl (C=O) groups excluding carboxylic acids is 1. The normalized spacial score (nSPS) is 23.2. The Bertz CT molecular complexity index is 472. The zero-order chi connectivity index (χ0) is 14.0. The van der Waals surface area contributed by atoms with Gasteiger partial charge in [-0.05, 0) is 37.8 Å². The largest absolute Gasteiger partial charge is 0.339 e. The van der Waals surface area contributed by atoms with E-state index in [1.165, 1.54) is 12.5 Å². The standard InChI is InChI=1S/C16H22FNO/c1-11-5-4-6-13(9-11)18(3)16(19)14-10-12(2)7-8-15(14)17/h7-8,10-11,13H,4-6,9H2,1-3H3. The van der Waals surface area contributed by atoms with Crippen molar-refractivity contribution in [2.75, 3.05) is 7.05 Å². The third-order valence-corrected chi connectivity index (χ3v) is 4.13. The molecule has 2 rings (SSSR count). The molecule has 2 nitrogen and oxygen atoms in total. The molecule has 1 saturated carbocycles. The summed E-state index contributed by atoms with van der Waals surface area (Å²) >= 11 is 0. The summed E-state index contributed by atoms with van der Waals surface area (Å²) in [5, 5.41) is 0. The highest BCUT2D eigenvalue weighted by Crippen LogP contribution is 2.27. The summed E-state index contributed by atoms with van der Waals surface area (Å²) in [5.74, 6) is 0.0305. The minimum absolute atomic E-state index is 0.194. The van der Waals surface area contributed by atoms with Gasteiger partial charge in [-0.15, -0.1) is 0 Å². The number of hydrogen-bond acceptors (Lipinski definition) is 1. The summed E-state index contributed by atoms with van der Waals surface area (Å²) in [4.78, 5) is 14.1. The first-order chi connectivity index (χ1) is 8.99. The summed E-state index contributed by atoms with van der Waals surface area (Å²) in [7, 11) is 1.80. The van der Waals surface area contributed by atoms with E-state index in [2.05, 4.69) is 6.92 Å². The highest BCUT2D eigenvalue weighted by Gasteiger charge is 2.27. The van der Waals surface area contributed by atoms with E-state index >= 15 is 0 Å². The molecule has 19 heavy (non-hydrogen) atoms. The molecular weight excluding hydrogens is 241 g/mol. The van der Waals surface area contributed by atoms with Crippen LogP contribution in [0.3, 0.4) is 0 Å². The van der Waals surface area contributed by atoms with E-state index in [4.69, 9.17) is 0 Å². The predicted molar refractivity (Wildman–Crippen MR) is 74.7 cm³/mol. The number of rotatable bonds is 2. The molecule has 1 aromatic rings. The molecular formula is C16H22FNO. The van der Waals surface area contributed by atoms with Crippen molar-refractivity contribution in [2.45, 2.75) is 45.6 Å². The number of amides is 1. The van der Waals surface area contributed by atoms with Crippen LogP contribution >= 0.6 is 0 Å². The summed E-state index contributed by atoms with van der Waals surface area (Å²) in [5.41, 5.74) is 1.11. The smallest absolute Gasteiger partial charge is 0.256 e. The van der Waals surface area contributed by atoms with Crippen molar-refractivity contribution < 1.29 is 9.18 Å². The molecule has 1 fully saturated rings. The molecule has 3 heteroatoms. The zero-order valence-electron chi connectivity index (χ0n) is 11.9. The van der Waals surface area contributed by atoms with E-state index in [1.807, 2.05) is 6.92 Å². The zero-order valence-corrected chi connectivity index (χ0v) is 11.9. The fourth-order valence-electron chi connectivity index (χ4n) is 2.91. The van der Waals surface area contributed by atoms with Gasteiger partial charge in [0.15, 0.2) is 0 Å². The lowest BCUT2D eigenvalue weighted by atomic mass is 9.86. The van der Waals surface area contributed by atoms with Crippen LogP contribution < -0.4 is 0 Å². The predicted octanol–water partition coefficient (Wildman–Crippen LogP) is 3.78. The minimum Gasteiger partial charge on any atom is -0.339 e. The fraction of sp³-hybridized carbons (Fsp3) is 0.562. The van der Waals surface area contributed by atoms with Crippen LogP contribution in [0.15, 0.2) is 18.2 Å². The molecule has 0 bridgehead atoms. The number of carbonyl (C=O) groups is 1. The molecule has 1 aromatic carbocycles. The van der Waals surface area contributed by atoms with E-state index in [0.29, 0.717) is 5.92 Å². The molecule has 1 aliphatic rings. The number of nitrogens with zero attached hydrogens (tertiary/aromatic N) is 1. The highest BCUT2D eigenvalue weighted by atomic mass is 19.1. The van der Waals surface area contributed by atoms with Crippen molar-refractivity contribution in [3.8, 4) is 0 Å². The lowest BCUT2D eigenvalue weighted by molar-refractivity contribution is 0.0667. The Morgan fingerprint density at radius 3 is 2.79 bits per heavy atom. The van der Waals surface area contributed by atoms with Crippen LogP contribution in [0.25, 0.3) is 0 Å². The van der Waals surface area contributed by atoms with Crippen molar-refractivity contribution in [3.63, 3.8) is 0 Å². The van der Waals surface area contributed by atoms with Gasteiger partial charge in [-0.25, -0.2) is 4.39 Å². The lowest BCUT2D eigenvalue weighted by Gasteiger charge is -2.34. The van der Waals surface area contributed by atoms with Gasteiger partial charge >= 0.3 is 0 Å². The maximum Gasteiger partial charge on any atom is 0.256 e. The van der Waals surface area contributed by atoms with Gasteiger partial charge in [0.1, 0.15) is 5.82 Å². The Morgan fingerprint density at radius 2 is 2.11 bits per heavy atom. The number of benzene rings is 1. The number of aryl methyl sites for hydroxylation is 1. The fourth-order valence-corrected chi connectivity index (χ4v) is 2.91. The maximum atomic E-state index is 13.8. The second-order valence-electron chi connectivity index (χ2n) is 5.82. The Balaban J connectivity index is 2.16. The van der Waals surface area contributed by atoms with Crippen molar-refractivity contribution in [2.24, 2.45) is 5.92 Å². The van der Waals surface area contributed by atoms with Gasteiger partial charge in [-0.3, -0.25) is 4.79 Å². The van der Waals surface area contributed by atoms with Crippen molar-refractivity contribution in [3.05, 3.63) is 35.1 Å². The maximum absolute atomic E-state index is 13.8. The minimum atomic E-state index is -0.425. The SMILES string of the molecule is Cc1ccc(F)c(C(=O)N(C)C2CCCC(C)C2)c1. The first kappa shape index (κ1) is 14.0. The Labute approximate surface area is 114 Å². The average Bonchev–Trinajstić information content (AvgIpc) is 2.40. The Kier molecular flexibility index (Phi) is 4.23. The first-order valence-electron chi connectivity index (χ1n) is 7.02. The van der Waals surface area contributed by atoms with E-state index in [9.17, 15) is 9.18 Å². The molecule has 0 saturated heterocycles. The molecule has 0 aromatic heterocycles. The van der Waals surface area contributed by atoms with Gasteiger partial charge in [-0.1, -0.05) is 31.4 Å². The van der Waals surface area contributed by atoms with Gasteiger partial charge in [-0.2, -0.15) is 0 Å². The molecule has 0 aliphatic heterocycles. The summed E-state index contributed by atoms with van der Waals surface area (Å²) in [6.07, 6.45) is 4.44. The second-order valence-corrected chi connectivity index (χ2v) is 5.82. The Hall–Kier alpha value is -1.38. The molecule has 0 heterocycles. The highest BCUT2D eigenvalue weighted by molar-refractivity contribution is 5.94. The first-order valence-corrected chi connectivity index (χ1v) is 7.02. The van der Waals surface area contributed by atoms with Gasteiger partial charge in [0.2, 0.25) is 0 Å². The molecule has 0 radical (unpaired) electrons. The third kappa shape index (κ3) is 3.14. The van der Waals surface area contributed by atoms with Crippen LogP contribution in [0.1, 0.15) is 48.5 Å². The Morgan fingerprint density at radius 1 is 1.37 bits per heavy atom. The molecule has 2 unspecified atom stereocenters. The summed E-state index contributed by atoms with van der Waals surface area (Å²) < 4.78 is 13.8. The van der Waals surface area contributed by atoms with E-state index in [-0.39, 0.29) is 17.5 Å². The molecule has 0 N–H and O–H groups in total. The topological polar surface area (TPSA) is 20.3 Å². The molecule has 1 amide bonds. The van der Waals surface area contributed by atoms with Gasteiger partial charge < -0.3 is 4.90 Å². The summed E-state index contributed by atoms with van der Waals surface area (Å²) in [6.45, 7) is 4.09. The van der Waals surface area contributed by atoms with Crippen molar-refractivity contribution in [1.82, 2.24) is 4.90 Å². The van der Waals surface area contributed by atoms with Crippen LogP contribution in [0, 0.1) is 18.7 Å². The lowest BCUT2D eigenvalue weighted by Crippen LogP contribution is -2.40.